The Balaban J connectivity index is -0.0000000206. The van der Waals surface area contributed by atoms with Crippen molar-refractivity contribution in [3.05, 3.63) is 0 Å². The molecule has 0 aliphatic carbocycles. The summed E-state index contributed by atoms with van der Waals surface area (Å²) in [7, 11) is 8.35. The van der Waals surface area contributed by atoms with Gasteiger partial charge in [-0.2, -0.15) is 0 Å². The van der Waals surface area contributed by atoms with Crippen molar-refractivity contribution in [1.82, 2.24) is 5.32 Å². The predicted molar refractivity (Wildman–Crippen MR) is 75.0 cm³/mol. The third-order valence-electron chi connectivity index (χ3n) is 0.287. The molecule has 0 fully saturated rings. The molecule has 4 nitrogen and oxygen atoms in total. The van der Waals surface area contributed by atoms with Crippen molar-refractivity contribution in [2.24, 2.45) is 0 Å². The van der Waals surface area contributed by atoms with Crippen molar-refractivity contribution in [3.63, 3.8) is 0 Å². The number of carbonyl (C=O) groups is 1. The fourth-order valence-corrected chi connectivity index (χ4v) is 0. The van der Waals surface area contributed by atoms with Crippen LogP contribution in [0.1, 0.15) is 42.0 Å². The zero-order valence-electron chi connectivity index (χ0n) is 10.9. The van der Waals surface area contributed by atoms with Gasteiger partial charge in [0.25, 0.3) is 0 Å². The molecule has 0 atom stereocenters. The van der Waals surface area contributed by atoms with Gasteiger partial charge in [0.1, 0.15) is 0 Å². The lowest BCUT2D eigenvalue weighted by Crippen LogP contribution is -1.89. The molecular formula is C12H35NO3. The number of rotatable bonds is 0. The van der Waals surface area contributed by atoms with Crippen molar-refractivity contribution in [1.29, 1.82) is 0 Å². The van der Waals surface area contributed by atoms with Gasteiger partial charge in [-0.3, -0.25) is 4.79 Å². The minimum absolute atomic E-state index is 0. The molecule has 4 heteroatoms. The maximum Gasteiger partial charge on any atom is 0.302 e. The summed E-state index contributed by atoms with van der Waals surface area (Å²) >= 11 is 0. The average Bonchev–Trinajstić information content (AvgIpc) is 2.08. The van der Waals surface area contributed by atoms with Crippen LogP contribution < -0.4 is 5.32 Å². The van der Waals surface area contributed by atoms with Gasteiger partial charge in [-0.05, 0) is 14.1 Å². The molecule has 0 spiro atoms. The molecule has 0 radical (unpaired) electrons. The van der Waals surface area contributed by atoms with Crippen molar-refractivity contribution in [2.45, 2.75) is 42.0 Å². The number of carbonyl (C=O) groups excluding carboxylic acids is 1. The lowest BCUT2D eigenvalue weighted by atomic mass is 10.6. The number of hydrogen-bond donors (Lipinski definition) is 1. The highest BCUT2D eigenvalue weighted by Gasteiger charge is 1.75. The van der Waals surface area contributed by atoms with E-state index in [4.69, 9.17) is 0 Å². The standard InChI is InChI=1S/C3H6O2.C3H8.C2H7N.C2H6O.2CH4/c1-3(4)5-2;3*1-3-2;;/h1-2H3;3H2,1-2H3;3H,1-2H3;1-2H3;2*1H4. The molecule has 0 unspecified atom stereocenters. The first-order valence-electron chi connectivity index (χ1n) is 4.55. The van der Waals surface area contributed by atoms with Crippen LogP contribution in [0.4, 0.5) is 0 Å². The van der Waals surface area contributed by atoms with Gasteiger partial charge in [0.05, 0.1) is 7.11 Å². The van der Waals surface area contributed by atoms with Crippen LogP contribution in [0, 0.1) is 0 Å². The quantitative estimate of drug-likeness (QED) is 0.662. The van der Waals surface area contributed by atoms with Crippen molar-refractivity contribution in [3.8, 4) is 0 Å². The van der Waals surface area contributed by atoms with Gasteiger partial charge in [0.15, 0.2) is 0 Å². The molecule has 0 aromatic carbocycles. The van der Waals surface area contributed by atoms with E-state index in [1.807, 2.05) is 14.1 Å². The number of nitrogens with one attached hydrogen (secondary N) is 1. The van der Waals surface area contributed by atoms with Gasteiger partial charge in [-0.1, -0.05) is 35.1 Å². The molecule has 0 amide bonds. The number of esters is 1. The zero-order valence-corrected chi connectivity index (χ0v) is 10.9. The van der Waals surface area contributed by atoms with E-state index in [0.29, 0.717) is 0 Å². The van der Waals surface area contributed by atoms with Gasteiger partial charge >= 0.3 is 5.97 Å². The minimum atomic E-state index is -0.245. The smallest absolute Gasteiger partial charge is 0.302 e. The van der Waals surface area contributed by atoms with Crippen LogP contribution >= 0.6 is 0 Å². The highest BCUT2D eigenvalue weighted by molar-refractivity contribution is 5.65. The summed E-state index contributed by atoms with van der Waals surface area (Å²) in [5, 5.41) is 2.75. The van der Waals surface area contributed by atoms with E-state index in [2.05, 4.69) is 28.6 Å². The van der Waals surface area contributed by atoms with E-state index in [1.165, 1.54) is 20.5 Å². The first-order valence-corrected chi connectivity index (χ1v) is 4.55. The number of ether oxygens (including phenoxy) is 2. The Morgan fingerprint density at radius 2 is 1.12 bits per heavy atom. The molecule has 0 aliphatic heterocycles. The summed E-state index contributed by atoms with van der Waals surface area (Å²) in [6.07, 6.45) is 1.25. The van der Waals surface area contributed by atoms with Crippen molar-refractivity contribution in [2.75, 3.05) is 35.4 Å². The summed E-state index contributed by atoms with van der Waals surface area (Å²) in [6.45, 7) is 5.61. The Kier molecular flexibility index (Phi) is 143. The second-order valence-corrected chi connectivity index (χ2v) is 2.31. The van der Waals surface area contributed by atoms with Crippen LogP contribution in [0.25, 0.3) is 0 Å². The molecule has 106 valence electrons. The molecule has 0 aromatic rings. The summed E-state index contributed by atoms with van der Waals surface area (Å²) in [5.41, 5.74) is 0. The van der Waals surface area contributed by atoms with E-state index in [9.17, 15) is 4.79 Å². The fraction of sp³-hybridized carbons (Fsp3) is 0.917. The van der Waals surface area contributed by atoms with E-state index in [-0.39, 0.29) is 20.8 Å². The Labute approximate surface area is 104 Å². The Morgan fingerprint density at radius 1 is 1.06 bits per heavy atom. The van der Waals surface area contributed by atoms with E-state index < -0.39 is 0 Å². The normalized spacial score (nSPS) is 5.50. The molecule has 0 aromatic heterocycles. The molecule has 0 rings (SSSR count). The molecular weight excluding hydrogens is 206 g/mol. The van der Waals surface area contributed by atoms with Crippen molar-refractivity contribution >= 4 is 5.97 Å². The lowest BCUT2D eigenvalue weighted by Gasteiger charge is -1.80. The third kappa shape index (κ3) is 1060. The van der Waals surface area contributed by atoms with Crippen LogP contribution in [0.2, 0.25) is 0 Å². The second kappa shape index (κ2) is 63.2. The molecule has 0 aliphatic rings. The number of methoxy groups -OCH3 is 2. The second-order valence-electron chi connectivity index (χ2n) is 2.31. The summed E-state index contributed by atoms with van der Waals surface area (Å²) in [6, 6.07) is 0. The maximum atomic E-state index is 9.59. The molecule has 1 N–H and O–H groups in total. The SMILES string of the molecule is C.C.CCC.CNC.COC.COC(C)=O. The molecule has 0 saturated heterocycles. The zero-order chi connectivity index (χ0) is 12.4. The third-order valence-corrected chi connectivity index (χ3v) is 0.287. The van der Waals surface area contributed by atoms with Crippen molar-refractivity contribution < 1.29 is 14.3 Å². The molecule has 16 heavy (non-hydrogen) atoms. The molecule has 0 saturated carbocycles. The molecule has 0 heterocycles. The summed E-state index contributed by atoms with van der Waals surface area (Å²) < 4.78 is 8.36. The summed E-state index contributed by atoms with van der Waals surface area (Å²) in [5.74, 6) is -0.245. The van der Waals surface area contributed by atoms with Gasteiger partial charge < -0.3 is 14.8 Å². The summed E-state index contributed by atoms with van der Waals surface area (Å²) in [4.78, 5) is 9.59. The lowest BCUT2D eigenvalue weighted by molar-refractivity contribution is -0.137. The topological polar surface area (TPSA) is 47.6 Å². The van der Waals surface area contributed by atoms with Gasteiger partial charge in [-0.25, -0.2) is 0 Å². The minimum Gasteiger partial charge on any atom is -0.469 e. The Hall–Kier alpha value is -0.610. The Morgan fingerprint density at radius 3 is 1.12 bits per heavy atom. The van der Waals surface area contributed by atoms with Crippen LogP contribution in [0.5, 0.6) is 0 Å². The van der Waals surface area contributed by atoms with Gasteiger partial charge in [0, 0.05) is 21.1 Å². The maximum absolute atomic E-state index is 9.59. The first-order chi connectivity index (χ1) is 6.51. The average molecular weight is 241 g/mol. The van der Waals surface area contributed by atoms with E-state index in [1.54, 1.807) is 14.2 Å². The number of hydrogen-bond acceptors (Lipinski definition) is 4. The van der Waals surface area contributed by atoms with E-state index in [0.717, 1.165) is 0 Å². The fourth-order valence-electron chi connectivity index (χ4n) is 0. The van der Waals surface area contributed by atoms with Crippen LogP contribution in [-0.2, 0) is 14.3 Å². The largest absolute Gasteiger partial charge is 0.469 e. The highest BCUT2D eigenvalue weighted by atomic mass is 16.5. The van der Waals surface area contributed by atoms with Crippen LogP contribution in [0.3, 0.4) is 0 Å². The highest BCUT2D eigenvalue weighted by Crippen LogP contribution is 1.60. The monoisotopic (exact) mass is 241 g/mol. The van der Waals surface area contributed by atoms with E-state index >= 15 is 0 Å². The van der Waals surface area contributed by atoms with Crippen LogP contribution in [0.15, 0.2) is 0 Å². The first kappa shape index (κ1) is 36.1. The van der Waals surface area contributed by atoms with Gasteiger partial charge in [-0.15, -0.1) is 0 Å². The van der Waals surface area contributed by atoms with Gasteiger partial charge in [0.2, 0.25) is 0 Å². The predicted octanol–water partition coefficient (Wildman–Crippen LogP) is 2.97. The molecule has 0 bridgehead atoms. The Bertz CT molecular complexity index is 73.9. The van der Waals surface area contributed by atoms with Crippen LogP contribution in [-0.4, -0.2) is 41.4 Å².